The molecule has 0 aliphatic rings. The van der Waals surface area contributed by atoms with Gasteiger partial charge in [0.15, 0.2) is 0 Å². The van der Waals surface area contributed by atoms with Crippen molar-refractivity contribution in [3.63, 3.8) is 0 Å². The molecule has 1 rings (SSSR count). The standard InChI is InChI=1S/C18H28Cl3NO2Si/c1-4-11-25(12-5-2,16-9-7-6-8-10-16)13-15(3)22-17(23)24-14-18(19,20)21/h6-10,15H,4-5,11-14H2,1-3H3,(H,22,23). The molecular weight excluding hydrogens is 397 g/mol. The molecule has 0 radical (unpaired) electrons. The molecule has 0 aliphatic carbocycles. The van der Waals surface area contributed by atoms with E-state index in [4.69, 9.17) is 39.5 Å². The predicted molar refractivity (Wildman–Crippen MR) is 111 cm³/mol. The van der Waals surface area contributed by atoms with Gasteiger partial charge in [-0.15, -0.1) is 0 Å². The summed E-state index contributed by atoms with van der Waals surface area (Å²) in [4.78, 5) is 11.9. The van der Waals surface area contributed by atoms with Crippen molar-refractivity contribution in [2.75, 3.05) is 6.61 Å². The number of rotatable bonds is 9. The van der Waals surface area contributed by atoms with E-state index >= 15 is 0 Å². The second-order valence-electron chi connectivity index (χ2n) is 6.59. The van der Waals surface area contributed by atoms with E-state index in [9.17, 15) is 4.79 Å². The average Bonchev–Trinajstić information content (AvgIpc) is 2.53. The Hall–Kier alpha value is -0.423. The number of carbonyl (C=O) groups excluding carboxylic acids is 1. The Morgan fingerprint density at radius 2 is 1.72 bits per heavy atom. The zero-order valence-corrected chi connectivity index (χ0v) is 18.4. The normalized spacial score (nSPS) is 13.4. The minimum Gasteiger partial charge on any atom is -0.445 e. The molecule has 1 aromatic carbocycles. The van der Waals surface area contributed by atoms with E-state index in [1.165, 1.54) is 17.3 Å². The summed E-state index contributed by atoms with van der Waals surface area (Å²) in [6, 6.07) is 14.1. The summed E-state index contributed by atoms with van der Waals surface area (Å²) in [5, 5.41) is 4.35. The van der Waals surface area contributed by atoms with Gasteiger partial charge >= 0.3 is 6.09 Å². The second-order valence-corrected chi connectivity index (χ2v) is 13.6. The maximum atomic E-state index is 11.9. The lowest BCUT2D eigenvalue weighted by Gasteiger charge is -2.34. The molecule has 0 saturated carbocycles. The first kappa shape index (κ1) is 22.6. The lowest BCUT2D eigenvalue weighted by atomic mass is 10.4. The van der Waals surface area contributed by atoms with Crippen LogP contribution in [0, 0.1) is 0 Å². The number of alkyl carbamates (subject to hydrolysis) is 1. The highest BCUT2D eigenvalue weighted by atomic mass is 35.6. The Kier molecular flexibility index (Phi) is 9.64. The van der Waals surface area contributed by atoms with Crippen LogP contribution in [-0.2, 0) is 4.74 Å². The highest BCUT2D eigenvalue weighted by Crippen LogP contribution is 2.27. The van der Waals surface area contributed by atoms with Gasteiger partial charge in [0.05, 0.1) is 8.07 Å². The molecule has 3 nitrogen and oxygen atoms in total. The number of amides is 1. The summed E-state index contributed by atoms with van der Waals surface area (Å²) in [7, 11) is -1.71. The Morgan fingerprint density at radius 3 is 2.20 bits per heavy atom. The van der Waals surface area contributed by atoms with Gasteiger partial charge in [-0.05, 0) is 13.0 Å². The van der Waals surface area contributed by atoms with E-state index in [0.29, 0.717) is 0 Å². The molecule has 142 valence electrons. The first-order chi connectivity index (χ1) is 11.7. The molecule has 0 aromatic heterocycles. The molecule has 1 amide bonds. The van der Waals surface area contributed by atoms with Crippen LogP contribution in [-0.4, -0.2) is 30.6 Å². The molecule has 25 heavy (non-hydrogen) atoms. The molecule has 0 bridgehead atoms. The van der Waals surface area contributed by atoms with Gasteiger partial charge in [0.25, 0.3) is 0 Å². The molecule has 7 heteroatoms. The summed E-state index contributed by atoms with van der Waals surface area (Å²) >= 11 is 16.8. The van der Waals surface area contributed by atoms with Crippen molar-refractivity contribution >= 4 is 54.2 Å². The summed E-state index contributed by atoms with van der Waals surface area (Å²) in [5.74, 6) is 0. The Bertz CT molecular complexity index is 517. The number of alkyl halides is 3. The maximum Gasteiger partial charge on any atom is 0.407 e. The number of benzene rings is 1. The van der Waals surface area contributed by atoms with Crippen molar-refractivity contribution in [3.8, 4) is 0 Å². The van der Waals surface area contributed by atoms with Gasteiger partial charge < -0.3 is 10.1 Å². The average molecular weight is 425 g/mol. The van der Waals surface area contributed by atoms with Gasteiger partial charge in [-0.3, -0.25) is 0 Å². The Morgan fingerprint density at radius 1 is 1.16 bits per heavy atom. The number of hydrogen-bond acceptors (Lipinski definition) is 2. The van der Waals surface area contributed by atoms with Crippen molar-refractivity contribution in [1.82, 2.24) is 5.32 Å². The van der Waals surface area contributed by atoms with Gasteiger partial charge in [-0.25, -0.2) is 4.79 Å². The second kappa shape index (κ2) is 10.7. The van der Waals surface area contributed by atoms with E-state index in [1.807, 2.05) is 6.92 Å². The van der Waals surface area contributed by atoms with Gasteiger partial charge in [0, 0.05) is 6.04 Å². The topological polar surface area (TPSA) is 38.3 Å². The van der Waals surface area contributed by atoms with Crippen molar-refractivity contribution in [2.45, 2.75) is 61.6 Å². The fourth-order valence-corrected chi connectivity index (χ4v) is 9.23. The van der Waals surface area contributed by atoms with Crippen molar-refractivity contribution < 1.29 is 9.53 Å². The van der Waals surface area contributed by atoms with Crippen LogP contribution in [0.5, 0.6) is 0 Å². The number of halogens is 3. The van der Waals surface area contributed by atoms with Crippen LogP contribution < -0.4 is 10.5 Å². The number of nitrogens with one attached hydrogen (secondary N) is 1. The minimum atomic E-state index is -1.71. The molecule has 1 N–H and O–H groups in total. The predicted octanol–water partition coefficient (Wildman–Crippen LogP) is 5.65. The smallest absolute Gasteiger partial charge is 0.407 e. The van der Waals surface area contributed by atoms with Gasteiger partial charge in [-0.2, -0.15) is 0 Å². The van der Waals surface area contributed by atoms with Crippen LogP contribution in [0.4, 0.5) is 4.79 Å². The van der Waals surface area contributed by atoms with E-state index < -0.39 is 18.0 Å². The van der Waals surface area contributed by atoms with E-state index in [1.54, 1.807) is 0 Å². The van der Waals surface area contributed by atoms with Crippen LogP contribution in [0.25, 0.3) is 0 Å². The van der Waals surface area contributed by atoms with Crippen LogP contribution in [0.3, 0.4) is 0 Å². The zero-order chi connectivity index (χ0) is 18.9. The number of ether oxygens (including phenoxy) is 1. The first-order valence-corrected chi connectivity index (χ1v) is 12.5. The van der Waals surface area contributed by atoms with Crippen molar-refractivity contribution in [2.24, 2.45) is 0 Å². The van der Waals surface area contributed by atoms with Crippen LogP contribution in [0.1, 0.15) is 33.6 Å². The van der Waals surface area contributed by atoms with Crippen molar-refractivity contribution in [3.05, 3.63) is 30.3 Å². The summed E-state index contributed by atoms with van der Waals surface area (Å²) in [6.07, 6.45) is 1.75. The lowest BCUT2D eigenvalue weighted by Crippen LogP contribution is -2.52. The Labute approximate surface area is 167 Å². The third kappa shape index (κ3) is 8.20. The zero-order valence-electron chi connectivity index (χ0n) is 15.2. The summed E-state index contributed by atoms with van der Waals surface area (Å²) < 4.78 is 3.40. The summed E-state index contributed by atoms with van der Waals surface area (Å²) in [6.45, 7) is 6.22. The molecule has 0 spiro atoms. The molecule has 1 aromatic rings. The first-order valence-electron chi connectivity index (χ1n) is 8.78. The molecule has 0 saturated heterocycles. The van der Waals surface area contributed by atoms with Gasteiger partial charge in [-0.1, -0.05) is 109 Å². The minimum absolute atomic E-state index is 0.00727. The fraction of sp³-hybridized carbons (Fsp3) is 0.611. The van der Waals surface area contributed by atoms with Crippen LogP contribution >= 0.6 is 34.8 Å². The SMILES string of the molecule is CCC[Si](CCC)(CC(C)NC(=O)OCC(Cl)(Cl)Cl)c1ccccc1. The third-order valence-corrected chi connectivity index (χ3v) is 10.5. The van der Waals surface area contributed by atoms with Crippen molar-refractivity contribution in [1.29, 1.82) is 0 Å². The van der Waals surface area contributed by atoms with Crippen LogP contribution in [0.15, 0.2) is 30.3 Å². The van der Waals surface area contributed by atoms with E-state index in [-0.39, 0.29) is 12.6 Å². The number of carbonyl (C=O) groups is 1. The largest absolute Gasteiger partial charge is 0.445 e. The Balaban J connectivity index is 2.81. The maximum absolute atomic E-state index is 11.9. The van der Waals surface area contributed by atoms with Crippen LogP contribution in [0.2, 0.25) is 18.1 Å². The lowest BCUT2D eigenvalue weighted by molar-refractivity contribution is 0.145. The molecule has 0 heterocycles. The fourth-order valence-electron chi connectivity index (χ4n) is 3.51. The highest BCUT2D eigenvalue weighted by molar-refractivity contribution is 6.92. The quantitative estimate of drug-likeness (QED) is 0.411. The monoisotopic (exact) mass is 423 g/mol. The van der Waals surface area contributed by atoms with E-state index in [2.05, 4.69) is 49.5 Å². The molecule has 1 unspecified atom stereocenters. The molecular formula is C18H28Cl3NO2Si. The summed E-state index contributed by atoms with van der Waals surface area (Å²) in [5.41, 5.74) is 0. The molecule has 0 fully saturated rings. The highest BCUT2D eigenvalue weighted by Gasteiger charge is 2.35. The van der Waals surface area contributed by atoms with E-state index in [0.717, 1.165) is 18.9 Å². The molecule has 1 atom stereocenters. The third-order valence-electron chi connectivity index (χ3n) is 4.27. The van der Waals surface area contributed by atoms with Gasteiger partial charge in [0.2, 0.25) is 3.79 Å². The van der Waals surface area contributed by atoms with Gasteiger partial charge in [0.1, 0.15) is 6.61 Å². The molecule has 0 aliphatic heterocycles. The number of hydrogen-bond donors (Lipinski definition) is 1.